The third-order valence-corrected chi connectivity index (χ3v) is 0.442. The Balaban J connectivity index is 0. The summed E-state index contributed by atoms with van der Waals surface area (Å²) >= 11 is 0. The number of nitrogens with one attached hydrogen (secondary N) is 1. The second-order valence-electron chi connectivity index (χ2n) is 0.814. The monoisotopic (exact) mass is 197 g/mol. The molecule has 0 fully saturated rings. The summed E-state index contributed by atoms with van der Waals surface area (Å²) in [5.74, 6) is 0. The Labute approximate surface area is 63.3 Å². The van der Waals surface area contributed by atoms with E-state index < -0.39 is 0 Å². The number of hydrogen-bond donors (Lipinski definition) is 1. The first-order valence-electron chi connectivity index (χ1n) is 2.20. The molecule has 0 atom stereocenters. The van der Waals surface area contributed by atoms with Gasteiger partial charge >= 0.3 is 19.5 Å². The second kappa shape index (κ2) is 10.0. The number of aromatic amines is 1. The summed E-state index contributed by atoms with van der Waals surface area (Å²) in [6.45, 7) is 5.00. The molecule has 0 saturated carbocycles. The van der Waals surface area contributed by atoms with Crippen molar-refractivity contribution < 1.29 is 19.5 Å². The van der Waals surface area contributed by atoms with Crippen LogP contribution in [0.2, 0.25) is 0 Å². The molecule has 0 saturated heterocycles. The van der Waals surface area contributed by atoms with Crippen LogP contribution in [0.5, 0.6) is 0 Å². The third-order valence-electron chi connectivity index (χ3n) is 0.442. The molecule has 0 spiro atoms. The van der Waals surface area contributed by atoms with Gasteiger partial charge in [-0.15, -0.1) is 6.20 Å². The van der Waals surface area contributed by atoms with E-state index >= 15 is 0 Å². The van der Waals surface area contributed by atoms with Crippen LogP contribution in [-0.2, 0) is 19.5 Å². The molecule has 8 heavy (non-hydrogen) atoms. The minimum absolute atomic E-state index is 0. The minimum Gasteiger partial charge on any atom is -0.484 e. The van der Waals surface area contributed by atoms with Gasteiger partial charge < -0.3 is 11.9 Å². The van der Waals surface area contributed by atoms with Crippen LogP contribution in [0.25, 0.3) is 0 Å². The molecule has 1 aromatic rings. The van der Waals surface area contributed by atoms with Gasteiger partial charge in [-0.2, -0.15) is 25.3 Å². The molecular weight excluding hydrogens is 187 g/mol. The molecule has 0 bridgehead atoms. The summed E-state index contributed by atoms with van der Waals surface area (Å²) in [5.41, 5.74) is 0. The van der Waals surface area contributed by atoms with Crippen molar-refractivity contribution in [2.24, 2.45) is 0 Å². The van der Waals surface area contributed by atoms with Crippen molar-refractivity contribution in [3.8, 4) is 0 Å². The Hall–Kier alpha value is -0.0966. The van der Waals surface area contributed by atoms with Crippen LogP contribution in [0, 0.1) is 13.1 Å². The van der Waals surface area contributed by atoms with Gasteiger partial charge in [0.05, 0.1) is 0 Å². The molecule has 1 nitrogen and oxygen atoms in total. The van der Waals surface area contributed by atoms with Crippen molar-refractivity contribution in [2.45, 2.75) is 6.92 Å². The van der Waals surface area contributed by atoms with Crippen LogP contribution in [0.15, 0.2) is 18.3 Å². The summed E-state index contributed by atoms with van der Waals surface area (Å²) in [6, 6.07) is 3.71. The van der Waals surface area contributed by atoms with E-state index in [-0.39, 0.29) is 19.5 Å². The number of hydrogen-bond acceptors (Lipinski definition) is 0. The Bertz CT molecular complexity index is 65.0. The predicted octanol–water partition coefficient (Wildman–Crippen LogP) is 1.65. The Morgan fingerprint density at radius 1 is 1.50 bits per heavy atom. The summed E-state index contributed by atoms with van der Waals surface area (Å²) in [5, 5.41) is 0. The van der Waals surface area contributed by atoms with E-state index in [1.54, 1.807) is 6.92 Å². The van der Waals surface area contributed by atoms with E-state index in [0.717, 1.165) is 0 Å². The Morgan fingerprint density at radius 2 is 2.12 bits per heavy atom. The molecule has 46 valence electrons. The second-order valence-corrected chi connectivity index (χ2v) is 0.814. The summed E-state index contributed by atoms with van der Waals surface area (Å²) in [7, 11) is 0. The van der Waals surface area contributed by atoms with Crippen molar-refractivity contribution in [3.05, 3.63) is 31.5 Å². The fourth-order valence-corrected chi connectivity index (χ4v) is 0.241. The van der Waals surface area contributed by atoms with Crippen LogP contribution in [0.1, 0.15) is 6.92 Å². The van der Waals surface area contributed by atoms with Crippen molar-refractivity contribution in [2.75, 3.05) is 0 Å². The van der Waals surface area contributed by atoms with Crippen LogP contribution >= 0.6 is 0 Å². The third kappa shape index (κ3) is 5.90. The van der Waals surface area contributed by atoms with Crippen molar-refractivity contribution in [3.63, 3.8) is 0 Å². The average molecular weight is 196 g/mol. The largest absolute Gasteiger partial charge is 2.00 e. The fraction of sp³-hybridized carbons (Fsp3) is 0.167. The van der Waals surface area contributed by atoms with E-state index in [1.807, 2.05) is 18.3 Å². The topological polar surface area (TPSA) is 15.8 Å². The smallest absolute Gasteiger partial charge is 0.484 e. The fourth-order valence-electron chi connectivity index (χ4n) is 0.241. The van der Waals surface area contributed by atoms with E-state index in [0.29, 0.717) is 0 Å². The Morgan fingerprint density at radius 3 is 2.25 bits per heavy atom. The summed E-state index contributed by atoms with van der Waals surface area (Å²) in [4.78, 5) is 2.74. The first kappa shape index (κ1) is 10.8. The SMILES string of the molecule is [CH2-]C.[Ru+2].[c-]1ccc[nH]1. The number of H-pyrrole nitrogens is 1. The van der Waals surface area contributed by atoms with E-state index in [2.05, 4.69) is 18.1 Å². The van der Waals surface area contributed by atoms with E-state index in [9.17, 15) is 0 Å². The molecule has 0 aliphatic heterocycles. The minimum atomic E-state index is 0. The van der Waals surface area contributed by atoms with Gasteiger partial charge in [0.15, 0.2) is 0 Å². The zero-order valence-corrected chi connectivity index (χ0v) is 6.53. The standard InChI is InChI=1S/C4H4N.C2H5.Ru/c1-2-4-5-3-1;1-2;/h1-3,5H;1H2,2H3;/q2*-1;+2. The van der Waals surface area contributed by atoms with Crippen LogP contribution in [-0.4, -0.2) is 4.98 Å². The molecule has 0 amide bonds. The normalized spacial score (nSPS) is 5.75. The summed E-state index contributed by atoms with van der Waals surface area (Å²) < 4.78 is 0. The quantitative estimate of drug-likeness (QED) is 0.479. The molecular formula is C6H9NRu. The summed E-state index contributed by atoms with van der Waals surface area (Å²) in [6.07, 6.45) is 4.56. The van der Waals surface area contributed by atoms with Crippen LogP contribution in [0.3, 0.4) is 0 Å². The molecule has 1 rings (SSSR count). The van der Waals surface area contributed by atoms with Gasteiger partial charge in [0, 0.05) is 0 Å². The molecule has 1 heterocycles. The maximum atomic E-state index is 3.25. The Kier molecular flexibility index (Phi) is 13.5. The molecule has 0 aromatic carbocycles. The molecule has 0 aliphatic carbocycles. The molecule has 0 aliphatic rings. The molecule has 0 unspecified atom stereocenters. The first-order chi connectivity index (χ1) is 3.50. The molecule has 1 aromatic heterocycles. The maximum absolute atomic E-state index is 3.25. The van der Waals surface area contributed by atoms with Crippen molar-refractivity contribution in [1.82, 2.24) is 4.98 Å². The van der Waals surface area contributed by atoms with Crippen LogP contribution < -0.4 is 0 Å². The van der Waals surface area contributed by atoms with Gasteiger partial charge in [-0.25, -0.2) is 0 Å². The zero-order valence-electron chi connectivity index (χ0n) is 4.79. The predicted molar refractivity (Wildman–Crippen MR) is 30.7 cm³/mol. The van der Waals surface area contributed by atoms with Gasteiger partial charge in [0.1, 0.15) is 0 Å². The van der Waals surface area contributed by atoms with Crippen molar-refractivity contribution >= 4 is 0 Å². The van der Waals surface area contributed by atoms with Crippen LogP contribution in [0.4, 0.5) is 0 Å². The van der Waals surface area contributed by atoms with Gasteiger partial charge in [0.2, 0.25) is 0 Å². The van der Waals surface area contributed by atoms with Gasteiger partial charge in [-0.3, -0.25) is 0 Å². The zero-order chi connectivity index (χ0) is 5.54. The maximum Gasteiger partial charge on any atom is 2.00 e. The van der Waals surface area contributed by atoms with Crippen molar-refractivity contribution in [1.29, 1.82) is 0 Å². The van der Waals surface area contributed by atoms with E-state index in [4.69, 9.17) is 0 Å². The van der Waals surface area contributed by atoms with Gasteiger partial charge in [-0.1, -0.05) is 0 Å². The molecule has 1 N–H and O–H groups in total. The molecule has 0 radical (unpaired) electrons. The van der Waals surface area contributed by atoms with E-state index in [1.165, 1.54) is 0 Å². The average Bonchev–Trinajstić information content (AvgIpc) is 2.23. The first-order valence-corrected chi connectivity index (χ1v) is 2.20. The van der Waals surface area contributed by atoms with Gasteiger partial charge in [0.25, 0.3) is 0 Å². The molecule has 2 heteroatoms. The number of rotatable bonds is 0. The van der Waals surface area contributed by atoms with Gasteiger partial charge in [-0.05, 0) is 0 Å². The number of aromatic nitrogens is 1.